The van der Waals surface area contributed by atoms with E-state index in [9.17, 15) is 13.2 Å². The van der Waals surface area contributed by atoms with Crippen molar-refractivity contribution in [3.63, 3.8) is 0 Å². The molecule has 1 aromatic heterocycles. The lowest BCUT2D eigenvalue weighted by atomic mass is 10.3. The fourth-order valence-electron chi connectivity index (χ4n) is 1.72. The van der Waals surface area contributed by atoms with Gasteiger partial charge in [0.25, 0.3) is 0 Å². The molecule has 0 saturated carbocycles. The Balaban J connectivity index is 2.91. The number of nitriles is 1. The van der Waals surface area contributed by atoms with Crippen molar-refractivity contribution in [3.05, 3.63) is 5.56 Å². The van der Waals surface area contributed by atoms with Crippen molar-refractivity contribution in [1.29, 1.82) is 5.26 Å². The first kappa shape index (κ1) is 16.1. The Morgan fingerprint density at radius 1 is 1.45 bits per heavy atom. The number of hydrogen-bond donors (Lipinski definition) is 1. The average Bonchev–Trinajstić information content (AvgIpc) is 2.69. The lowest BCUT2D eigenvalue weighted by Crippen LogP contribution is -2.25. The average molecular weight is 289 g/mol. The van der Waals surface area contributed by atoms with Crippen molar-refractivity contribution >= 4 is 11.6 Å². The number of aromatic nitrogens is 2. The maximum absolute atomic E-state index is 12.2. The molecule has 0 radical (unpaired) electrons. The summed E-state index contributed by atoms with van der Waals surface area (Å²) in [6.07, 6.45) is -3.43. The molecule has 0 aliphatic heterocycles. The van der Waals surface area contributed by atoms with Crippen molar-refractivity contribution in [3.8, 4) is 6.07 Å². The van der Waals surface area contributed by atoms with Gasteiger partial charge in [0.05, 0.1) is 6.42 Å². The van der Waals surface area contributed by atoms with Gasteiger partial charge in [0.15, 0.2) is 5.82 Å². The van der Waals surface area contributed by atoms with Crippen LogP contribution in [0.2, 0.25) is 0 Å². The molecule has 0 atom stereocenters. The summed E-state index contributed by atoms with van der Waals surface area (Å²) in [5, 5.41) is 13.2. The fraction of sp³-hybridized carbons (Fsp3) is 0.667. The van der Waals surface area contributed by atoms with Crippen LogP contribution in [0.3, 0.4) is 0 Å². The van der Waals surface area contributed by atoms with Crippen molar-refractivity contribution in [2.75, 3.05) is 24.2 Å². The predicted octanol–water partition coefficient (Wildman–Crippen LogP) is 2.53. The van der Waals surface area contributed by atoms with Gasteiger partial charge in [0.2, 0.25) is 0 Å². The fourth-order valence-corrected chi connectivity index (χ4v) is 1.72. The minimum Gasteiger partial charge on any atom is -0.383 e. The van der Waals surface area contributed by atoms with E-state index in [2.05, 4.69) is 5.10 Å². The van der Waals surface area contributed by atoms with Gasteiger partial charge in [0.1, 0.15) is 17.5 Å². The highest BCUT2D eigenvalue weighted by atomic mass is 19.4. The second-order valence-electron chi connectivity index (χ2n) is 4.56. The Morgan fingerprint density at radius 3 is 2.60 bits per heavy atom. The number of aryl methyl sites for hydroxylation is 1. The molecule has 5 nitrogen and oxygen atoms in total. The van der Waals surface area contributed by atoms with Crippen molar-refractivity contribution in [2.24, 2.45) is 0 Å². The zero-order chi connectivity index (χ0) is 15.3. The minimum atomic E-state index is -4.24. The Hall–Kier alpha value is -1.91. The zero-order valence-electron chi connectivity index (χ0n) is 11.5. The van der Waals surface area contributed by atoms with Crippen molar-refractivity contribution in [2.45, 2.75) is 38.9 Å². The summed E-state index contributed by atoms with van der Waals surface area (Å²) in [6, 6.07) is 1.91. The summed E-state index contributed by atoms with van der Waals surface area (Å²) < 4.78 is 38.1. The SMILES string of the molecule is CCCCn1nc(N(C)CCC(F)(F)F)c(C#N)c1N. The third kappa shape index (κ3) is 4.05. The highest BCUT2D eigenvalue weighted by Crippen LogP contribution is 2.26. The van der Waals surface area contributed by atoms with E-state index in [1.54, 1.807) is 0 Å². The molecule has 112 valence electrons. The minimum absolute atomic E-state index is 0.130. The maximum Gasteiger partial charge on any atom is 0.390 e. The molecule has 0 aliphatic carbocycles. The molecule has 0 unspecified atom stereocenters. The predicted molar refractivity (Wildman–Crippen MR) is 70.2 cm³/mol. The van der Waals surface area contributed by atoms with Crippen LogP contribution in [-0.4, -0.2) is 29.5 Å². The van der Waals surface area contributed by atoms with Crippen molar-refractivity contribution < 1.29 is 13.2 Å². The molecule has 8 heteroatoms. The van der Waals surface area contributed by atoms with Crippen LogP contribution in [-0.2, 0) is 6.54 Å². The molecule has 0 fully saturated rings. The summed E-state index contributed by atoms with van der Waals surface area (Å²) in [4.78, 5) is 1.31. The van der Waals surface area contributed by atoms with E-state index in [4.69, 9.17) is 11.0 Å². The second-order valence-corrected chi connectivity index (χ2v) is 4.56. The number of nitrogen functional groups attached to an aromatic ring is 1. The van der Waals surface area contributed by atoms with Crippen LogP contribution in [0.15, 0.2) is 0 Å². The summed E-state index contributed by atoms with van der Waals surface area (Å²) in [7, 11) is 1.47. The third-order valence-corrected chi connectivity index (χ3v) is 2.90. The van der Waals surface area contributed by atoms with Crippen LogP contribution < -0.4 is 10.6 Å². The highest BCUT2D eigenvalue weighted by Gasteiger charge is 2.28. The van der Waals surface area contributed by atoms with Gasteiger partial charge < -0.3 is 10.6 Å². The van der Waals surface area contributed by atoms with Crippen molar-refractivity contribution in [1.82, 2.24) is 9.78 Å². The van der Waals surface area contributed by atoms with Crippen LogP contribution in [0.25, 0.3) is 0 Å². The van der Waals surface area contributed by atoms with Gasteiger partial charge in [0, 0.05) is 20.1 Å². The quantitative estimate of drug-likeness (QED) is 0.873. The molecular weight excluding hydrogens is 271 g/mol. The number of anilines is 2. The van der Waals surface area contributed by atoms with Crippen LogP contribution in [0.1, 0.15) is 31.7 Å². The van der Waals surface area contributed by atoms with Gasteiger partial charge in [-0.1, -0.05) is 13.3 Å². The number of halogens is 3. The lowest BCUT2D eigenvalue weighted by Gasteiger charge is -2.17. The topological polar surface area (TPSA) is 70.9 Å². The number of unbranched alkanes of at least 4 members (excludes halogenated alkanes) is 1. The van der Waals surface area contributed by atoms with E-state index in [1.165, 1.54) is 16.6 Å². The van der Waals surface area contributed by atoms with E-state index < -0.39 is 12.6 Å². The van der Waals surface area contributed by atoms with Crippen LogP contribution >= 0.6 is 0 Å². The van der Waals surface area contributed by atoms with Gasteiger partial charge in [-0.15, -0.1) is 0 Å². The summed E-state index contributed by atoms with van der Waals surface area (Å²) >= 11 is 0. The summed E-state index contributed by atoms with van der Waals surface area (Å²) in [6.45, 7) is 2.29. The molecule has 0 spiro atoms. The van der Waals surface area contributed by atoms with Gasteiger partial charge in [-0.3, -0.25) is 0 Å². The van der Waals surface area contributed by atoms with E-state index >= 15 is 0 Å². The van der Waals surface area contributed by atoms with Gasteiger partial charge in [-0.25, -0.2) is 4.68 Å². The Bertz CT molecular complexity index is 487. The molecule has 0 bridgehead atoms. The standard InChI is InChI=1S/C12H18F3N5/c1-3-4-6-20-10(17)9(8-16)11(18-20)19(2)7-5-12(13,14)15/h3-7,17H2,1-2H3. The lowest BCUT2D eigenvalue weighted by molar-refractivity contribution is -0.132. The molecule has 1 heterocycles. The second kappa shape index (κ2) is 6.50. The van der Waals surface area contributed by atoms with Crippen LogP contribution in [0.4, 0.5) is 24.8 Å². The Kier molecular flexibility index (Phi) is 5.25. The molecule has 0 amide bonds. The number of nitrogens with zero attached hydrogens (tertiary/aromatic N) is 4. The first-order valence-electron chi connectivity index (χ1n) is 6.34. The summed E-state index contributed by atoms with van der Waals surface area (Å²) in [5.41, 5.74) is 5.93. The molecule has 1 rings (SSSR count). The van der Waals surface area contributed by atoms with Gasteiger partial charge >= 0.3 is 6.18 Å². The normalized spacial score (nSPS) is 11.4. The maximum atomic E-state index is 12.2. The molecule has 1 aromatic rings. The number of nitrogens with two attached hydrogens (primary N) is 1. The van der Waals surface area contributed by atoms with E-state index in [0.717, 1.165) is 12.8 Å². The summed E-state index contributed by atoms with van der Waals surface area (Å²) in [5.74, 6) is 0.403. The zero-order valence-corrected chi connectivity index (χ0v) is 11.5. The Labute approximate surface area is 115 Å². The van der Waals surface area contributed by atoms with Gasteiger partial charge in [-0.05, 0) is 6.42 Å². The van der Waals surface area contributed by atoms with E-state index in [1.807, 2.05) is 13.0 Å². The van der Waals surface area contributed by atoms with Crippen LogP contribution in [0.5, 0.6) is 0 Å². The Morgan fingerprint density at radius 2 is 2.10 bits per heavy atom. The van der Waals surface area contributed by atoms with Gasteiger partial charge in [-0.2, -0.15) is 23.5 Å². The first-order valence-corrected chi connectivity index (χ1v) is 6.34. The smallest absolute Gasteiger partial charge is 0.383 e. The number of hydrogen-bond acceptors (Lipinski definition) is 4. The first-order chi connectivity index (χ1) is 9.30. The molecule has 0 aromatic carbocycles. The highest BCUT2D eigenvalue weighted by molar-refractivity contribution is 5.64. The molecule has 0 aliphatic rings. The molecule has 2 N–H and O–H groups in total. The number of rotatable bonds is 6. The third-order valence-electron chi connectivity index (χ3n) is 2.90. The van der Waals surface area contributed by atoms with E-state index in [-0.39, 0.29) is 23.7 Å². The monoisotopic (exact) mass is 289 g/mol. The molecule has 20 heavy (non-hydrogen) atoms. The number of alkyl halides is 3. The van der Waals surface area contributed by atoms with Crippen LogP contribution in [0, 0.1) is 11.3 Å². The molecule has 0 saturated heterocycles. The van der Waals surface area contributed by atoms with E-state index in [0.29, 0.717) is 6.54 Å². The largest absolute Gasteiger partial charge is 0.390 e. The molecular formula is C12H18F3N5.